The van der Waals surface area contributed by atoms with E-state index in [0.29, 0.717) is 29.5 Å². The number of thiazole rings is 1. The number of hydrogen-bond donors (Lipinski definition) is 0. The molecule has 0 atom stereocenters. The van der Waals surface area contributed by atoms with Gasteiger partial charge in [0.1, 0.15) is 11.3 Å². The molecule has 0 bridgehead atoms. The van der Waals surface area contributed by atoms with Crippen molar-refractivity contribution in [2.24, 2.45) is 0 Å². The lowest BCUT2D eigenvalue weighted by atomic mass is 10.3. The highest BCUT2D eigenvalue weighted by molar-refractivity contribution is 7.91. The van der Waals surface area contributed by atoms with Crippen LogP contribution in [0, 0.1) is 0 Å². The minimum atomic E-state index is -3.43. The first kappa shape index (κ1) is 23.2. The zero-order valence-corrected chi connectivity index (χ0v) is 19.6. The van der Waals surface area contributed by atoms with Gasteiger partial charge in [0.05, 0.1) is 9.60 Å². The molecular weight excluding hydrogens is 434 g/mol. The van der Waals surface area contributed by atoms with Gasteiger partial charge in [-0.1, -0.05) is 49.4 Å². The average molecular weight is 462 g/mol. The molecule has 0 N–H and O–H groups in total. The van der Waals surface area contributed by atoms with Crippen molar-refractivity contribution in [2.45, 2.75) is 18.7 Å². The Balaban J connectivity index is 1.90. The fraction of sp³-hybridized carbons (Fsp3) is 0.364. The minimum absolute atomic E-state index is 0.128. The number of nitrogens with zero attached hydrogens (tertiary/aromatic N) is 3. The van der Waals surface area contributed by atoms with Crippen LogP contribution in [-0.4, -0.2) is 63.3 Å². The summed E-state index contributed by atoms with van der Waals surface area (Å²) in [5.74, 6) is 0.388. The number of para-hydroxylation sites is 2. The predicted molar refractivity (Wildman–Crippen MR) is 125 cm³/mol. The van der Waals surface area contributed by atoms with Crippen LogP contribution in [0.3, 0.4) is 0 Å². The average Bonchev–Trinajstić information content (AvgIpc) is 3.19. The highest BCUT2D eigenvalue weighted by atomic mass is 32.2. The molecule has 2 aromatic carbocycles. The molecule has 0 aliphatic carbocycles. The van der Waals surface area contributed by atoms with Crippen LogP contribution >= 0.6 is 11.3 Å². The van der Waals surface area contributed by atoms with Gasteiger partial charge in [-0.15, -0.1) is 0 Å². The number of amides is 1. The number of hydrogen-bond acceptors (Lipinski definition) is 7. The number of ether oxygens (including phenoxy) is 1. The Bertz CT molecular complexity index is 1130. The zero-order valence-electron chi connectivity index (χ0n) is 17.9. The smallest absolute Gasteiger partial charge is 0.266 e. The number of carbonyl (C=O) groups excluding carboxylic acids is 1. The second kappa shape index (κ2) is 10.2. The maximum absolute atomic E-state index is 13.1. The van der Waals surface area contributed by atoms with Crippen molar-refractivity contribution in [2.75, 3.05) is 43.9 Å². The van der Waals surface area contributed by atoms with E-state index in [0.717, 1.165) is 24.0 Å². The quantitative estimate of drug-likeness (QED) is 0.460. The molecule has 1 heterocycles. The van der Waals surface area contributed by atoms with E-state index in [4.69, 9.17) is 4.74 Å². The van der Waals surface area contributed by atoms with Gasteiger partial charge in [0.25, 0.3) is 5.91 Å². The molecule has 0 saturated carbocycles. The number of sulfone groups is 1. The van der Waals surface area contributed by atoms with Gasteiger partial charge in [0.15, 0.2) is 21.6 Å². The molecule has 1 amide bonds. The summed E-state index contributed by atoms with van der Waals surface area (Å²) >= 11 is 1.31. The van der Waals surface area contributed by atoms with Gasteiger partial charge in [0.2, 0.25) is 0 Å². The number of fused-ring (bicyclic) bond motifs is 1. The molecule has 7 nitrogen and oxygen atoms in total. The first-order valence-corrected chi connectivity index (χ1v) is 12.8. The van der Waals surface area contributed by atoms with Crippen molar-refractivity contribution in [1.82, 2.24) is 9.88 Å². The Hall–Kier alpha value is -2.49. The van der Waals surface area contributed by atoms with Crippen molar-refractivity contribution < 1.29 is 17.9 Å². The lowest BCUT2D eigenvalue weighted by Crippen LogP contribution is -2.41. The Labute approximate surface area is 187 Å². The maximum Gasteiger partial charge on any atom is 0.266 e. The van der Waals surface area contributed by atoms with Crippen LogP contribution in [0.5, 0.6) is 5.75 Å². The van der Waals surface area contributed by atoms with Crippen LogP contribution in [0.1, 0.15) is 13.8 Å². The van der Waals surface area contributed by atoms with Gasteiger partial charge in [-0.05, 0) is 37.4 Å². The van der Waals surface area contributed by atoms with Crippen molar-refractivity contribution in [3.8, 4) is 5.75 Å². The second-order valence-corrected chi connectivity index (χ2v) is 10.0. The van der Waals surface area contributed by atoms with E-state index in [-0.39, 0.29) is 17.4 Å². The first-order chi connectivity index (χ1) is 14.8. The SMILES string of the molecule is CCN(CC)CCN(C(=O)COc1ccccc1)c1nc2c(S(C)(=O)=O)cccc2s1. The molecule has 0 radical (unpaired) electrons. The minimum Gasteiger partial charge on any atom is -0.484 e. The topological polar surface area (TPSA) is 79.8 Å². The van der Waals surface area contributed by atoms with Crippen molar-refractivity contribution in [3.05, 3.63) is 48.5 Å². The Morgan fingerprint density at radius 1 is 1.03 bits per heavy atom. The standard InChI is InChI=1S/C22H27N3O4S2/c1-4-24(5-2)14-15-25(20(26)16-29-17-10-7-6-8-11-17)22-23-21-18(30-22)12-9-13-19(21)31(3,27)28/h6-13H,4-5,14-16H2,1-3H3. The summed E-state index contributed by atoms with van der Waals surface area (Å²) in [6.45, 7) is 6.88. The molecule has 3 aromatic rings. The van der Waals surface area contributed by atoms with Crippen LogP contribution in [0.2, 0.25) is 0 Å². The Morgan fingerprint density at radius 2 is 1.74 bits per heavy atom. The van der Waals surface area contributed by atoms with Crippen LogP contribution in [-0.2, 0) is 14.6 Å². The molecular formula is C22H27N3O4S2. The highest BCUT2D eigenvalue weighted by Gasteiger charge is 2.23. The molecule has 1 aromatic heterocycles. The van der Waals surface area contributed by atoms with Crippen LogP contribution < -0.4 is 9.64 Å². The molecule has 0 unspecified atom stereocenters. The summed E-state index contributed by atoms with van der Waals surface area (Å²) in [5, 5.41) is 0.472. The molecule has 3 rings (SSSR count). The van der Waals surface area contributed by atoms with Crippen molar-refractivity contribution in [3.63, 3.8) is 0 Å². The molecule has 31 heavy (non-hydrogen) atoms. The summed E-state index contributed by atoms with van der Waals surface area (Å²) in [5.41, 5.74) is 0.398. The molecule has 0 fully saturated rings. The zero-order chi connectivity index (χ0) is 22.4. The molecule has 9 heteroatoms. The molecule has 0 aliphatic rings. The number of anilines is 1. The van der Waals surface area contributed by atoms with Crippen LogP contribution in [0.15, 0.2) is 53.4 Å². The lowest BCUT2D eigenvalue weighted by Gasteiger charge is -2.24. The third-order valence-corrected chi connectivity index (χ3v) is 7.11. The van der Waals surface area contributed by atoms with E-state index in [1.54, 1.807) is 29.2 Å². The van der Waals surface area contributed by atoms with E-state index >= 15 is 0 Å². The van der Waals surface area contributed by atoms with Gasteiger partial charge in [-0.25, -0.2) is 13.4 Å². The van der Waals surface area contributed by atoms with E-state index in [1.165, 1.54) is 11.3 Å². The number of rotatable bonds is 10. The maximum atomic E-state index is 13.1. The third-order valence-electron chi connectivity index (χ3n) is 4.94. The summed E-state index contributed by atoms with van der Waals surface area (Å²) < 4.78 is 30.7. The predicted octanol–water partition coefficient (Wildman–Crippen LogP) is 3.45. The van der Waals surface area contributed by atoms with Gasteiger partial charge in [-0.2, -0.15) is 0 Å². The summed E-state index contributed by atoms with van der Waals surface area (Å²) in [6.07, 6.45) is 1.16. The van der Waals surface area contributed by atoms with Crippen molar-refractivity contribution >= 4 is 42.4 Å². The molecule has 0 spiro atoms. The number of carbonyl (C=O) groups is 1. The fourth-order valence-electron chi connectivity index (χ4n) is 3.17. The second-order valence-electron chi connectivity index (χ2n) is 7.05. The van der Waals surface area contributed by atoms with E-state index in [2.05, 4.69) is 23.7 Å². The lowest BCUT2D eigenvalue weighted by molar-refractivity contribution is -0.120. The number of likely N-dealkylation sites (N-methyl/N-ethyl adjacent to an activating group) is 1. The van der Waals surface area contributed by atoms with Crippen molar-refractivity contribution in [1.29, 1.82) is 0 Å². The van der Waals surface area contributed by atoms with Gasteiger partial charge < -0.3 is 9.64 Å². The highest BCUT2D eigenvalue weighted by Crippen LogP contribution is 2.32. The van der Waals surface area contributed by atoms with E-state index in [9.17, 15) is 13.2 Å². The Kier molecular flexibility index (Phi) is 7.64. The Morgan fingerprint density at radius 3 is 2.39 bits per heavy atom. The van der Waals surface area contributed by atoms with Gasteiger partial charge in [0, 0.05) is 19.3 Å². The summed E-state index contributed by atoms with van der Waals surface area (Å²) in [4.78, 5) is 21.6. The first-order valence-electron chi connectivity index (χ1n) is 10.1. The monoisotopic (exact) mass is 461 g/mol. The van der Waals surface area contributed by atoms with Crippen LogP contribution in [0.25, 0.3) is 10.2 Å². The molecule has 0 aliphatic heterocycles. The van der Waals surface area contributed by atoms with Crippen LogP contribution in [0.4, 0.5) is 5.13 Å². The number of benzene rings is 2. The van der Waals surface area contributed by atoms with E-state index < -0.39 is 9.84 Å². The normalized spacial score (nSPS) is 11.7. The molecule has 0 saturated heterocycles. The third kappa shape index (κ3) is 5.81. The summed E-state index contributed by atoms with van der Waals surface area (Å²) in [6, 6.07) is 14.2. The van der Waals surface area contributed by atoms with E-state index in [1.807, 2.05) is 24.3 Å². The van der Waals surface area contributed by atoms with Gasteiger partial charge in [-0.3, -0.25) is 9.69 Å². The van der Waals surface area contributed by atoms with Gasteiger partial charge >= 0.3 is 0 Å². The fourth-order valence-corrected chi connectivity index (χ4v) is 5.11. The summed E-state index contributed by atoms with van der Waals surface area (Å²) in [7, 11) is -3.43. The largest absolute Gasteiger partial charge is 0.484 e. The molecule has 166 valence electrons. The number of aromatic nitrogens is 1.